The molecule has 0 bridgehead atoms. The Morgan fingerprint density at radius 3 is 0.885 bits per heavy atom. The van der Waals surface area contributed by atoms with Gasteiger partial charge in [-0.2, -0.15) is 0 Å². The van der Waals surface area contributed by atoms with Crippen molar-refractivity contribution in [2.75, 3.05) is 88.8 Å². The first-order valence-corrected chi connectivity index (χ1v) is 25.5. The van der Waals surface area contributed by atoms with E-state index in [4.69, 9.17) is 119 Å². The average Bonchev–Trinajstić information content (AvgIpc) is 3.37. The molecule has 0 aliphatic carbocycles. The molecule has 0 spiro atoms. The topological polar surface area (TPSA) is 485 Å². The van der Waals surface area contributed by atoms with E-state index in [1.54, 1.807) is 0 Å². The summed E-state index contributed by atoms with van der Waals surface area (Å²) in [6.45, 7) is 11.4. The number of para-hydroxylation sites is 2. The molecule has 0 saturated carbocycles. The molecule has 0 amide bonds. The van der Waals surface area contributed by atoms with Crippen molar-refractivity contribution < 1.29 is 119 Å². The largest absolute Gasteiger partial charge is 0.473 e. The van der Waals surface area contributed by atoms with Crippen LogP contribution in [0.1, 0.15) is 62.5 Å². The molecule has 2 aliphatic heterocycles. The zero-order valence-electron chi connectivity index (χ0n) is 42.6. The van der Waals surface area contributed by atoms with Gasteiger partial charge in [0, 0.05) is 62.1 Å². The van der Waals surface area contributed by atoms with Crippen molar-refractivity contribution in [2.24, 2.45) is 0 Å². The van der Waals surface area contributed by atoms with Crippen LogP contribution in [-0.4, -0.2) is 231 Å². The van der Waals surface area contributed by atoms with Gasteiger partial charge in [-0.15, -0.1) is 0 Å². The van der Waals surface area contributed by atoms with E-state index in [0.29, 0.717) is 0 Å². The molecule has 30 nitrogen and oxygen atoms in total. The third-order valence-electron chi connectivity index (χ3n) is 9.63. The van der Waals surface area contributed by atoms with Gasteiger partial charge in [0.05, 0.1) is 13.3 Å². The zero-order chi connectivity index (χ0) is 60.2. The number of nitrogens with one attached hydrogen (secondary N) is 2. The van der Waals surface area contributed by atoms with Crippen LogP contribution in [0.15, 0.2) is 48.5 Å². The van der Waals surface area contributed by atoms with E-state index >= 15 is 0 Å². The maximum Gasteiger partial charge on any atom is 0.414 e. The third-order valence-corrected chi connectivity index (χ3v) is 12.0. The number of benzene rings is 2. The SMILES string of the molecule is CN(CCCCCCN1CNc2ccccc2C1)CCSSCCN(C)CCCCCCN1CNc2ccccc2C1.O=C(O)C(=O)O.O=C(O)C(=O)O.O=C(O)C(=O)O.O=C(O)C(=O)O.O=C(O)C(=O)O.O=C(O)C(=O)O. The zero-order valence-corrected chi connectivity index (χ0v) is 44.3. The molecule has 0 fully saturated rings. The van der Waals surface area contributed by atoms with E-state index in [2.05, 4.69) is 114 Å². The van der Waals surface area contributed by atoms with Crippen LogP contribution in [-0.2, 0) is 70.6 Å². The van der Waals surface area contributed by atoms with E-state index in [1.165, 1.54) is 125 Å². The van der Waals surface area contributed by atoms with Gasteiger partial charge < -0.3 is 81.7 Å². The molecule has 78 heavy (non-hydrogen) atoms. The highest BCUT2D eigenvalue weighted by Crippen LogP contribution is 2.23. The molecule has 0 saturated heterocycles. The molecule has 0 aromatic heterocycles. The fourth-order valence-corrected chi connectivity index (χ4v) is 8.00. The molecule has 2 aromatic carbocycles. The predicted octanol–water partition coefficient (Wildman–Crippen LogP) is 2.06. The van der Waals surface area contributed by atoms with Gasteiger partial charge in [0.15, 0.2) is 0 Å². The summed E-state index contributed by atoms with van der Waals surface area (Å²) < 4.78 is 0. The van der Waals surface area contributed by atoms with Crippen molar-refractivity contribution >= 4 is 105 Å². The lowest BCUT2D eigenvalue weighted by molar-refractivity contribution is -0.159. The minimum Gasteiger partial charge on any atom is -0.473 e. The molecule has 4 rings (SSSR count). The number of aliphatic carboxylic acids is 12. The van der Waals surface area contributed by atoms with Gasteiger partial charge >= 0.3 is 71.6 Å². The van der Waals surface area contributed by atoms with Crippen molar-refractivity contribution in [3.05, 3.63) is 59.7 Å². The van der Waals surface area contributed by atoms with Crippen LogP contribution in [0.5, 0.6) is 0 Å². The number of carbonyl (C=O) groups is 12. The lowest BCUT2D eigenvalue weighted by Crippen LogP contribution is -2.34. The highest BCUT2D eigenvalue weighted by molar-refractivity contribution is 8.76. The first-order chi connectivity index (χ1) is 36.5. The standard InChI is InChI=1S/C34H56N6S2.6C2H2O4/c1-37(19-11-3-5-13-21-39-27-31-15-7-9-17-33(31)35-29-39)23-25-41-42-26-24-38(2)20-12-4-6-14-22-40-28-32-16-8-10-18-34(32)36-30-40;6*3-1(4)2(5)6/h7-10,15-18,35-36H,3-6,11-14,19-30H2,1-2H3;6*(H,3,4)(H,5,6). The number of carboxylic acids is 12. The summed E-state index contributed by atoms with van der Waals surface area (Å²) in [5, 5.41) is 95.8. The fourth-order valence-electron chi connectivity index (χ4n) is 5.83. The van der Waals surface area contributed by atoms with E-state index in [1.807, 2.05) is 0 Å². The van der Waals surface area contributed by atoms with Crippen molar-refractivity contribution in [2.45, 2.75) is 64.5 Å². The van der Waals surface area contributed by atoms with Crippen LogP contribution in [0.25, 0.3) is 0 Å². The fraction of sp³-hybridized carbons (Fsp3) is 0.478. The van der Waals surface area contributed by atoms with Crippen LogP contribution >= 0.6 is 21.6 Å². The second-order valence-electron chi connectivity index (χ2n) is 15.8. The van der Waals surface area contributed by atoms with Gasteiger partial charge in [0.25, 0.3) is 0 Å². The summed E-state index contributed by atoms with van der Waals surface area (Å²) >= 11 is 0. The number of unbranched alkanes of at least 4 members (excludes halogenated alkanes) is 6. The summed E-state index contributed by atoms with van der Waals surface area (Å²) in [6.07, 6.45) is 10.6. The minimum absolute atomic E-state index is 0.986. The van der Waals surface area contributed by atoms with Crippen LogP contribution < -0.4 is 10.6 Å². The Labute approximate surface area is 454 Å². The number of anilines is 2. The Hall–Kier alpha value is -7.78. The number of carboxylic acid groups (broad SMARTS) is 12. The summed E-state index contributed by atoms with van der Waals surface area (Å²) in [7, 11) is 8.69. The monoisotopic (exact) mass is 1150 g/mol. The molecule has 0 radical (unpaired) electrons. The number of rotatable bonds is 21. The molecule has 0 atom stereocenters. The third kappa shape index (κ3) is 44.5. The number of hydrogen-bond acceptors (Lipinski definition) is 20. The summed E-state index contributed by atoms with van der Waals surface area (Å²) in [5.41, 5.74) is 5.49. The van der Waals surface area contributed by atoms with Gasteiger partial charge in [0.2, 0.25) is 0 Å². The first kappa shape index (κ1) is 74.5. The van der Waals surface area contributed by atoms with Gasteiger partial charge in [-0.3, -0.25) is 9.80 Å². The van der Waals surface area contributed by atoms with Crippen molar-refractivity contribution in [1.29, 1.82) is 0 Å². The second kappa shape index (κ2) is 45.4. The van der Waals surface area contributed by atoms with E-state index in [0.717, 1.165) is 26.4 Å². The minimum atomic E-state index is -1.82. The molecule has 438 valence electrons. The Bertz CT molecular complexity index is 1890. The maximum absolute atomic E-state index is 9.10. The lowest BCUT2D eigenvalue weighted by Gasteiger charge is -2.29. The molecule has 2 aromatic rings. The van der Waals surface area contributed by atoms with Crippen molar-refractivity contribution in [1.82, 2.24) is 19.6 Å². The summed E-state index contributed by atoms with van der Waals surface area (Å²) in [5.74, 6) is -19.4. The summed E-state index contributed by atoms with van der Waals surface area (Å²) in [6, 6.07) is 17.4. The highest BCUT2D eigenvalue weighted by Gasteiger charge is 2.16. The van der Waals surface area contributed by atoms with Crippen LogP contribution in [0.3, 0.4) is 0 Å². The van der Waals surface area contributed by atoms with Crippen LogP contribution in [0, 0.1) is 0 Å². The quantitative estimate of drug-likeness (QED) is 0.0483. The van der Waals surface area contributed by atoms with Crippen molar-refractivity contribution in [3.8, 4) is 0 Å². The Morgan fingerprint density at radius 2 is 0.628 bits per heavy atom. The molecule has 32 heteroatoms. The van der Waals surface area contributed by atoms with E-state index in [9.17, 15) is 0 Å². The second-order valence-corrected chi connectivity index (χ2v) is 18.5. The molecular weight excluding hydrogens is 1080 g/mol. The lowest BCUT2D eigenvalue weighted by atomic mass is 10.1. The van der Waals surface area contributed by atoms with Gasteiger partial charge in [-0.05, 0) is 76.1 Å². The molecule has 2 aliphatic rings. The molecule has 0 unspecified atom stereocenters. The Kier molecular flexibility index (Phi) is 43.4. The van der Waals surface area contributed by atoms with E-state index in [-0.39, 0.29) is 0 Å². The van der Waals surface area contributed by atoms with Crippen LogP contribution in [0.2, 0.25) is 0 Å². The molecule has 2 heterocycles. The maximum atomic E-state index is 9.10. The number of nitrogens with zero attached hydrogens (tertiary/aromatic N) is 4. The van der Waals surface area contributed by atoms with Gasteiger partial charge in [-0.25, -0.2) is 57.5 Å². The van der Waals surface area contributed by atoms with Crippen LogP contribution in [0.4, 0.5) is 11.4 Å². The summed E-state index contributed by atoms with van der Waals surface area (Å²) in [4.78, 5) is 119. The normalized spacial score (nSPS) is 11.7. The molecule has 14 N–H and O–H groups in total. The number of hydrogen-bond donors (Lipinski definition) is 14. The van der Waals surface area contributed by atoms with Gasteiger partial charge in [-0.1, -0.05) is 83.7 Å². The van der Waals surface area contributed by atoms with E-state index < -0.39 is 71.6 Å². The Balaban J connectivity index is -0.00000125. The van der Waals surface area contributed by atoms with Gasteiger partial charge in [0.1, 0.15) is 0 Å². The smallest absolute Gasteiger partial charge is 0.414 e. The average molecular weight is 1150 g/mol. The first-order valence-electron chi connectivity index (χ1n) is 23.0. The highest BCUT2D eigenvalue weighted by atomic mass is 33.1. The Morgan fingerprint density at radius 1 is 0.385 bits per heavy atom. The predicted molar refractivity (Wildman–Crippen MR) is 279 cm³/mol. The van der Waals surface area contributed by atoms with Crippen molar-refractivity contribution in [3.63, 3.8) is 0 Å². The number of fused-ring (bicyclic) bond motifs is 2. The molecular formula is C46H68N6O24S2.